The molecule has 1 N–H and O–H groups in total. The molecule has 1 saturated heterocycles. The predicted octanol–water partition coefficient (Wildman–Crippen LogP) is 1.47. The third-order valence-electron chi connectivity index (χ3n) is 3.63. The van der Waals surface area contributed by atoms with E-state index in [1.54, 1.807) is 18.2 Å². The quantitative estimate of drug-likeness (QED) is 0.904. The van der Waals surface area contributed by atoms with Crippen molar-refractivity contribution in [3.8, 4) is 5.69 Å². The Labute approximate surface area is 144 Å². The fourth-order valence-electron chi connectivity index (χ4n) is 2.37. The normalized spacial score (nSPS) is 14.8. The number of nitrogens with zero attached hydrogens (tertiary/aromatic N) is 5. The van der Waals surface area contributed by atoms with Crippen molar-refractivity contribution in [2.45, 2.75) is 26.4 Å². The van der Waals surface area contributed by atoms with E-state index in [-0.39, 0.29) is 11.8 Å². The second-order valence-corrected chi connectivity index (χ2v) is 6.88. The number of anilines is 1. The van der Waals surface area contributed by atoms with Crippen molar-refractivity contribution in [1.29, 1.82) is 0 Å². The summed E-state index contributed by atoms with van der Waals surface area (Å²) < 4.78 is 6.78. The highest BCUT2D eigenvalue weighted by atomic mass is 16.6. The minimum Gasteiger partial charge on any atom is -0.444 e. The van der Waals surface area contributed by atoms with Crippen molar-refractivity contribution in [3.05, 3.63) is 30.6 Å². The highest BCUT2D eigenvalue weighted by Gasteiger charge is 2.37. The number of ether oxygens (including phenoxy) is 1. The number of amides is 2. The molecule has 9 nitrogen and oxygen atoms in total. The van der Waals surface area contributed by atoms with Gasteiger partial charge in [0.1, 0.15) is 11.9 Å². The summed E-state index contributed by atoms with van der Waals surface area (Å²) in [7, 11) is 0. The summed E-state index contributed by atoms with van der Waals surface area (Å²) in [6, 6.07) is 7.20. The van der Waals surface area contributed by atoms with Gasteiger partial charge >= 0.3 is 6.09 Å². The average molecular weight is 344 g/mol. The van der Waals surface area contributed by atoms with Crippen LogP contribution in [0.1, 0.15) is 20.8 Å². The molecule has 132 valence electrons. The maximum Gasteiger partial charge on any atom is 0.410 e. The molecule has 3 rings (SSSR count). The van der Waals surface area contributed by atoms with Crippen molar-refractivity contribution < 1.29 is 14.3 Å². The van der Waals surface area contributed by atoms with E-state index in [2.05, 4.69) is 20.8 Å². The van der Waals surface area contributed by atoms with Gasteiger partial charge in [0.2, 0.25) is 5.91 Å². The van der Waals surface area contributed by atoms with E-state index in [1.165, 1.54) is 15.9 Å². The SMILES string of the molecule is CC(C)(C)OC(=O)N1CC(C(=O)Nc2cccc(-n3cnnn3)c2)C1. The first kappa shape index (κ1) is 16.9. The second-order valence-electron chi connectivity index (χ2n) is 6.88. The zero-order valence-electron chi connectivity index (χ0n) is 14.3. The van der Waals surface area contributed by atoms with Crippen LogP contribution in [0.15, 0.2) is 30.6 Å². The Kier molecular flexibility index (Phi) is 4.39. The molecule has 25 heavy (non-hydrogen) atoms. The zero-order chi connectivity index (χ0) is 18.0. The molecule has 0 radical (unpaired) electrons. The van der Waals surface area contributed by atoms with Crippen LogP contribution >= 0.6 is 0 Å². The van der Waals surface area contributed by atoms with E-state index in [4.69, 9.17) is 4.74 Å². The van der Waals surface area contributed by atoms with Crippen molar-refractivity contribution in [1.82, 2.24) is 25.1 Å². The highest BCUT2D eigenvalue weighted by Crippen LogP contribution is 2.22. The van der Waals surface area contributed by atoms with Crippen LogP contribution in [-0.2, 0) is 9.53 Å². The van der Waals surface area contributed by atoms with E-state index in [0.717, 1.165) is 5.69 Å². The van der Waals surface area contributed by atoms with E-state index in [9.17, 15) is 9.59 Å². The summed E-state index contributed by atoms with van der Waals surface area (Å²) in [5.74, 6) is -0.377. The molecular weight excluding hydrogens is 324 g/mol. The molecule has 2 aromatic rings. The van der Waals surface area contributed by atoms with Crippen molar-refractivity contribution in [3.63, 3.8) is 0 Å². The van der Waals surface area contributed by atoms with Gasteiger partial charge in [0, 0.05) is 18.8 Å². The summed E-state index contributed by atoms with van der Waals surface area (Å²) in [5.41, 5.74) is 0.849. The van der Waals surface area contributed by atoms with E-state index < -0.39 is 11.7 Å². The van der Waals surface area contributed by atoms with Crippen LogP contribution in [0, 0.1) is 5.92 Å². The number of rotatable bonds is 3. The number of likely N-dealkylation sites (tertiary alicyclic amines) is 1. The molecule has 9 heteroatoms. The zero-order valence-corrected chi connectivity index (χ0v) is 14.3. The van der Waals surface area contributed by atoms with Crippen molar-refractivity contribution in [2.75, 3.05) is 18.4 Å². The van der Waals surface area contributed by atoms with Gasteiger partial charge in [-0.2, -0.15) is 0 Å². The van der Waals surface area contributed by atoms with Crippen LogP contribution < -0.4 is 5.32 Å². The molecule has 0 unspecified atom stereocenters. The maximum absolute atomic E-state index is 12.3. The first-order valence-corrected chi connectivity index (χ1v) is 7.94. The first-order valence-electron chi connectivity index (χ1n) is 7.94. The predicted molar refractivity (Wildman–Crippen MR) is 89.1 cm³/mol. The fraction of sp³-hybridized carbons (Fsp3) is 0.438. The van der Waals surface area contributed by atoms with E-state index in [1.807, 2.05) is 26.8 Å². The molecule has 1 aliphatic heterocycles. The lowest BCUT2D eigenvalue weighted by molar-refractivity contribution is -0.124. The minimum absolute atomic E-state index is 0.131. The molecule has 0 atom stereocenters. The molecule has 0 saturated carbocycles. The lowest BCUT2D eigenvalue weighted by Crippen LogP contribution is -2.55. The Hall–Kier alpha value is -2.97. The van der Waals surface area contributed by atoms with Crippen LogP contribution in [0.4, 0.5) is 10.5 Å². The van der Waals surface area contributed by atoms with Crippen LogP contribution in [0.25, 0.3) is 5.69 Å². The monoisotopic (exact) mass is 344 g/mol. The molecule has 1 fully saturated rings. The maximum atomic E-state index is 12.3. The lowest BCUT2D eigenvalue weighted by atomic mass is 10.00. The third kappa shape index (κ3) is 4.11. The van der Waals surface area contributed by atoms with Crippen molar-refractivity contribution >= 4 is 17.7 Å². The largest absolute Gasteiger partial charge is 0.444 e. The Morgan fingerprint density at radius 3 is 2.68 bits per heavy atom. The lowest BCUT2D eigenvalue weighted by Gasteiger charge is -2.38. The number of tetrazole rings is 1. The van der Waals surface area contributed by atoms with Gasteiger partial charge in [-0.05, 0) is 49.4 Å². The van der Waals surface area contributed by atoms with Gasteiger partial charge in [0.25, 0.3) is 0 Å². The molecule has 0 spiro atoms. The fourth-order valence-corrected chi connectivity index (χ4v) is 2.37. The molecule has 1 aromatic carbocycles. The topological polar surface area (TPSA) is 102 Å². The van der Waals surface area contributed by atoms with Gasteiger partial charge in [-0.25, -0.2) is 9.48 Å². The number of benzene rings is 1. The Morgan fingerprint density at radius 2 is 2.04 bits per heavy atom. The second kappa shape index (κ2) is 6.50. The third-order valence-corrected chi connectivity index (χ3v) is 3.63. The van der Waals surface area contributed by atoms with Crippen LogP contribution in [0.2, 0.25) is 0 Å². The van der Waals surface area contributed by atoms with Gasteiger partial charge in [-0.1, -0.05) is 6.07 Å². The van der Waals surface area contributed by atoms with Crippen LogP contribution in [0.5, 0.6) is 0 Å². The Bertz CT molecular complexity index is 762. The van der Waals surface area contributed by atoms with Crippen molar-refractivity contribution in [2.24, 2.45) is 5.92 Å². The Morgan fingerprint density at radius 1 is 1.28 bits per heavy atom. The van der Waals surface area contributed by atoms with Crippen LogP contribution in [0.3, 0.4) is 0 Å². The number of carbonyl (C=O) groups excluding carboxylic acids is 2. The van der Waals surface area contributed by atoms with Gasteiger partial charge in [-0.15, -0.1) is 5.10 Å². The number of hydrogen-bond acceptors (Lipinski definition) is 6. The molecular formula is C16H20N6O3. The number of nitrogens with one attached hydrogen (secondary N) is 1. The molecule has 1 aliphatic rings. The summed E-state index contributed by atoms with van der Waals surface area (Å²) >= 11 is 0. The van der Waals surface area contributed by atoms with Gasteiger partial charge in [0.05, 0.1) is 11.6 Å². The van der Waals surface area contributed by atoms with E-state index >= 15 is 0 Å². The molecule has 1 aromatic heterocycles. The molecule has 2 heterocycles. The number of hydrogen-bond donors (Lipinski definition) is 1. The summed E-state index contributed by atoms with van der Waals surface area (Å²) in [6.07, 6.45) is 1.09. The standard InChI is InChI=1S/C16H20N6O3/c1-16(2,3)25-15(24)21-8-11(9-21)14(23)18-12-5-4-6-13(7-12)22-10-17-19-20-22/h4-7,10-11H,8-9H2,1-3H3,(H,18,23). The molecule has 0 aliphatic carbocycles. The minimum atomic E-state index is -0.541. The summed E-state index contributed by atoms with van der Waals surface area (Å²) in [5, 5.41) is 13.8. The summed E-state index contributed by atoms with van der Waals surface area (Å²) in [6.45, 7) is 6.15. The summed E-state index contributed by atoms with van der Waals surface area (Å²) in [4.78, 5) is 25.7. The van der Waals surface area contributed by atoms with Gasteiger partial charge < -0.3 is 15.0 Å². The van der Waals surface area contributed by atoms with Gasteiger partial charge in [0.15, 0.2) is 0 Å². The first-order chi connectivity index (χ1) is 11.8. The number of carbonyl (C=O) groups is 2. The van der Waals surface area contributed by atoms with Gasteiger partial charge in [-0.3, -0.25) is 4.79 Å². The average Bonchev–Trinajstić information content (AvgIpc) is 2.98. The van der Waals surface area contributed by atoms with Crippen LogP contribution in [-0.4, -0.2) is 55.8 Å². The molecule has 2 amide bonds. The van der Waals surface area contributed by atoms with E-state index in [0.29, 0.717) is 18.8 Å². The highest BCUT2D eigenvalue weighted by molar-refractivity contribution is 5.94. The molecule has 0 bridgehead atoms. The smallest absolute Gasteiger partial charge is 0.410 e. The Balaban J connectivity index is 1.54. The number of aromatic nitrogens is 4.